The van der Waals surface area contributed by atoms with E-state index >= 15 is 0 Å². The lowest BCUT2D eigenvalue weighted by atomic mass is 10.1. The number of rotatable bonds is 8. The van der Waals surface area contributed by atoms with E-state index in [-0.39, 0.29) is 30.8 Å². The minimum Gasteiger partial charge on any atom is -0.489 e. The minimum absolute atomic E-state index is 0.180. The summed E-state index contributed by atoms with van der Waals surface area (Å²) < 4.78 is 23.4. The summed E-state index contributed by atoms with van der Waals surface area (Å²) in [5, 5.41) is 0. The van der Waals surface area contributed by atoms with Gasteiger partial charge < -0.3 is 14.4 Å². The average Bonchev–Trinajstić information content (AvgIpc) is 2.70. The molecule has 1 amide bonds. The molecule has 2 aromatic rings. The van der Waals surface area contributed by atoms with Gasteiger partial charge in [-0.3, -0.25) is 9.59 Å². The van der Waals surface area contributed by atoms with Crippen LogP contribution >= 0.6 is 0 Å². The highest BCUT2D eigenvalue weighted by Gasteiger charge is 2.21. The maximum atomic E-state index is 13.0. The van der Waals surface area contributed by atoms with Crippen LogP contribution in [0.2, 0.25) is 0 Å². The molecule has 2 rings (SSSR count). The largest absolute Gasteiger partial charge is 0.489 e. The molecule has 0 N–H and O–H groups in total. The summed E-state index contributed by atoms with van der Waals surface area (Å²) in [6.07, 6.45) is 0. The lowest BCUT2D eigenvalue weighted by Gasteiger charge is -2.23. The number of halogens is 1. The Morgan fingerprint density at radius 3 is 2.48 bits per heavy atom. The molecule has 0 spiro atoms. The molecule has 0 saturated heterocycles. The summed E-state index contributed by atoms with van der Waals surface area (Å²) in [5.74, 6) is -0.690. The number of carbonyl (C=O) groups excluding carboxylic acids is 2. The van der Waals surface area contributed by atoms with Crippen LogP contribution in [0.3, 0.4) is 0 Å². The molecule has 6 heteroatoms. The molecule has 27 heavy (non-hydrogen) atoms. The van der Waals surface area contributed by atoms with Crippen molar-refractivity contribution in [2.24, 2.45) is 5.92 Å². The third-order valence-corrected chi connectivity index (χ3v) is 4.17. The second kappa shape index (κ2) is 9.71. The van der Waals surface area contributed by atoms with Crippen LogP contribution < -0.4 is 4.74 Å². The predicted octanol–water partition coefficient (Wildman–Crippen LogP) is 3.68. The first-order chi connectivity index (χ1) is 12.9. The quantitative estimate of drug-likeness (QED) is 0.663. The van der Waals surface area contributed by atoms with E-state index < -0.39 is 5.92 Å². The molecule has 0 aliphatic carbocycles. The summed E-state index contributed by atoms with van der Waals surface area (Å²) in [4.78, 5) is 26.0. The zero-order chi connectivity index (χ0) is 19.8. The SMILES string of the molecule is CCN(CC(C)C(=O)OC)C(=O)c1cccc(OCc2ccc(F)cc2)c1. The average molecular weight is 373 g/mol. The van der Waals surface area contributed by atoms with Crippen molar-refractivity contribution in [1.29, 1.82) is 0 Å². The number of esters is 1. The molecule has 0 heterocycles. The van der Waals surface area contributed by atoms with Crippen molar-refractivity contribution < 1.29 is 23.5 Å². The van der Waals surface area contributed by atoms with Crippen molar-refractivity contribution in [3.63, 3.8) is 0 Å². The summed E-state index contributed by atoms with van der Waals surface area (Å²) in [6, 6.07) is 12.9. The van der Waals surface area contributed by atoms with Crippen LogP contribution in [0.25, 0.3) is 0 Å². The molecule has 0 radical (unpaired) electrons. The molecule has 0 aromatic heterocycles. The first kappa shape index (κ1) is 20.4. The Kier molecular flexibility index (Phi) is 7.34. The van der Waals surface area contributed by atoms with E-state index in [4.69, 9.17) is 9.47 Å². The summed E-state index contributed by atoms with van der Waals surface area (Å²) in [7, 11) is 1.33. The number of amides is 1. The van der Waals surface area contributed by atoms with Crippen LogP contribution in [0.4, 0.5) is 4.39 Å². The van der Waals surface area contributed by atoms with E-state index in [2.05, 4.69) is 0 Å². The second-order valence-electron chi connectivity index (χ2n) is 6.21. The van der Waals surface area contributed by atoms with Gasteiger partial charge in [0.25, 0.3) is 5.91 Å². The Morgan fingerprint density at radius 1 is 1.15 bits per heavy atom. The fourth-order valence-electron chi connectivity index (χ4n) is 2.61. The Balaban J connectivity index is 2.04. The Labute approximate surface area is 158 Å². The topological polar surface area (TPSA) is 55.8 Å². The van der Waals surface area contributed by atoms with Gasteiger partial charge in [-0.1, -0.05) is 25.1 Å². The van der Waals surface area contributed by atoms with Crippen LogP contribution in [-0.4, -0.2) is 37.0 Å². The van der Waals surface area contributed by atoms with E-state index in [0.29, 0.717) is 17.9 Å². The van der Waals surface area contributed by atoms with Crippen LogP contribution in [0.15, 0.2) is 48.5 Å². The fourth-order valence-corrected chi connectivity index (χ4v) is 2.61. The molecule has 1 atom stereocenters. The zero-order valence-electron chi connectivity index (χ0n) is 15.8. The number of benzene rings is 2. The second-order valence-corrected chi connectivity index (χ2v) is 6.21. The number of carbonyl (C=O) groups is 2. The van der Waals surface area contributed by atoms with Gasteiger partial charge in [-0.25, -0.2) is 4.39 Å². The third-order valence-electron chi connectivity index (χ3n) is 4.17. The summed E-state index contributed by atoms with van der Waals surface area (Å²) in [6.45, 7) is 4.61. The van der Waals surface area contributed by atoms with Gasteiger partial charge in [0.2, 0.25) is 0 Å². The lowest BCUT2D eigenvalue weighted by molar-refractivity contribution is -0.145. The third kappa shape index (κ3) is 5.81. The van der Waals surface area contributed by atoms with Crippen LogP contribution in [0.5, 0.6) is 5.75 Å². The van der Waals surface area contributed by atoms with Gasteiger partial charge in [-0.2, -0.15) is 0 Å². The highest BCUT2D eigenvalue weighted by atomic mass is 19.1. The molecule has 0 aliphatic heterocycles. The van der Waals surface area contributed by atoms with Crippen LogP contribution in [0, 0.1) is 11.7 Å². The van der Waals surface area contributed by atoms with E-state index in [0.717, 1.165) is 5.56 Å². The molecular formula is C21H24FNO4. The van der Waals surface area contributed by atoms with Crippen LogP contribution in [-0.2, 0) is 16.1 Å². The zero-order valence-corrected chi connectivity index (χ0v) is 15.8. The molecule has 1 unspecified atom stereocenters. The summed E-state index contributed by atoms with van der Waals surface area (Å²) >= 11 is 0. The summed E-state index contributed by atoms with van der Waals surface area (Å²) in [5.41, 5.74) is 1.31. The van der Waals surface area contributed by atoms with Gasteiger partial charge in [0, 0.05) is 18.7 Å². The standard InChI is InChI=1S/C21H24FNO4/c1-4-23(13-15(2)21(25)26-3)20(24)17-6-5-7-19(12-17)27-14-16-8-10-18(22)11-9-16/h5-12,15H,4,13-14H2,1-3H3. The molecule has 5 nitrogen and oxygen atoms in total. The Bertz CT molecular complexity index is 776. The van der Waals surface area contributed by atoms with E-state index in [1.54, 1.807) is 48.2 Å². The van der Waals surface area contributed by atoms with Crippen LogP contribution in [0.1, 0.15) is 29.8 Å². The molecular weight excluding hydrogens is 349 g/mol. The number of hydrogen-bond donors (Lipinski definition) is 0. The van der Waals surface area contributed by atoms with Crippen molar-refractivity contribution in [3.05, 3.63) is 65.5 Å². The van der Waals surface area contributed by atoms with Gasteiger partial charge in [0.1, 0.15) is 18.2 Å². The number of nitrogens with zero attached hydrogens (tertiary/aromatic N) is 1. The maximum absolute atomic E-state index is 13.0. The van der Waals surface area contributed by atoms with Gasteiger partial charge in [-0.05, 0) is 42.8 Å². The molecule has 0 saturated carbocycles. The van der Waals surface area contributed by atoms with Crippen molar-refractivity contribution in [2.45, 2.75) is 20.5 Å². The molecule has 0 fully saturated rings. The van der Waals surface area contributed by atoms with Gasteiger partial charge in [-0.15, -0.1) is 0 Å². The smallest absolute Gasteiger partial charge is 0.310 e. The number of ether oxygens (including phenoxy) is 2. The first-order valence-electron chi connectivity index (χ1n) is 8.79. The van der Waals surface area contributed by atoms with E-state index in [1.807, 2.05) is 6.92 Å². The Morgan fingerprint density at radius 2 is 1.85 bits per heavy atom. The van der Waals surface area contributed by atoms with Crippen molar-refractivity contribution in [3.8, 4) is 5.75 Å². The maximum Gasteiger partial charge on any atom is 0.310 e. The molecule has 2 aromatic carbocycles. The van der Waals surface area contributed by atoms with E-state index in [1.165, 1.54) is 19.2 Å². The highest BCUT2D eigenvalue weighted by Crippen LogP contribution is 2.17. The van der Waals surface area contributed by atoms with Gasteiger partial charge in [0.05, 0.1) is 13.0 Å². The highest BCUT2D eigenvalue weighted by molar-refractivity contribution is 5.94. The molecule has 0 bridgehead atoms. The predicted molar refractivity (Wildman–Crippen MR) is 99.9 cm³/mol. The fraction of sp³-hybridized carbons (Fsp3) is 0.333. The van der Waals surface area contributed by atoms with Gasteiger partial charge >= 0.3 is 5.97 Å². The monoisotopic (exact) mass is 373 g/mol. The number of methoxy groups -OCH3 is 1. The number of hydrogen-bond acceptors (Lipinski definition) is 4. The Hall–Kier alpha value is -2.89. The van der Waals surface area contributed by atoms with E-state index in [9.17, 15) is 14.0 Å². The van der Waals surface area contributed by atoms with Gasteiger partial charge in [0.15, 0.2) is 0 Å². The minimum atomic E-state index is -0.406. The molecule has 0 aliphatic rings. The van der Waals surface area contributed by atoms with Crippen molar-refractivity contribution >= 4 is 11.9 Å². The first-order valence-corrected chi connectivity index (χ1v) is 8.79. The van der Waals surface area contributed by atoms with Crippen molar-refractivity contribution in [2.75, 3.05) is 20.2 Å². The van der Waals surface area contributed by atoms with Crippen molar-refractivity contribution in [1.82, 2.24) is 4.90 Å². The normalized spacial score (nSPS) is 11.6. The lowest BCUT2D eigenvalue weighted by Crippen LogP contribution is -2.37. The molecule has 144 valence electrons.